The predicted octanol–water partition coefficient (Wildman–Crippen LogP) is 2.71. The minimum atomic E-state index is -3.24. The molecule has 0 fully saturated rings. The maximum absolute atomic E-state index is 11.2. The Balaban J connectivity index is 1.53. The van der Waals surface area contributed by atoms with Gasteiger partial charge in [-0.1, -0.05) is 30.3 Å². The maximum Gasteiger partial charge on any atom is 0.229 e. The Morgan fingerprint density at radius 1 is 1.17 bits per heavy atom. The number of benzene rings is 2. The van der Waals surface area contributed by atoms with Crippen molar-refractivity contribution in [1.82, 2.24) is 5.32 Å². The fraction of sp³-hybridized carbons (Fsp3) is 0.333. The van der Waals surface area contributed by atoms with Crippen molar-refractivity contribution in [3.8, 4) is 5.75 Å². The Hall–Kier alpha value is -2.05. The van der Waals surface area contributed by atoms with Gasteiger partial charge in [-0.25, -0.2) is 8.42 Å². The van der Waals surface area contributed by atoms with Gasteiger partial charge < -0.3 is 10.1 Å². The summed E-state index contributed by atoms with van der Waals surface area (Å²) in [4.78, 5) is 0. The van der Waals surface area contributed by atoms with Crippen LogP contribution in [0.3, 0.4) is 0 Å². The van der Waals surface area contributed by atoms with Gasteiger partial charge in [-0.15, -0.1) is 0 Å². The van der Waals surface area contributed by atoms with E-state index in [9.17, 15) is 8.42 Å². The molecule has 6 heteroatoms. The molecule has 0 radical (unpaired) electrons. The molecule has 0 aromatic heterocycles. The molecule has 0 bridgehead atoms. The first kappa shape index (κ1) is 16.8. The number of nitrogens with one attached hydrogen (secondary N) is 2. The minimum absolute atomic E-state index is 0.149. The number of para-hydroxylation sites is 1. The minimum Gasteiger partial charge on any atom is -0.488 e. The second kappa shape index (κ2) is 6.83. The smallest absolute Gasteiger partial charge is 0.229 e. The number of anilines is 1. The van der Waals surface area contributed by atoms with Crippen LogP contribution in [0.2, 0.25) is 0 Å². The summed E-state index contributed by atoms with van der Waals surface area (Å²) in [7, 11) is -3.24. The van der Waals surface area contributed by atoms with Crippen molar-refractivity contribution in [2.24, 2.45) is 0 Å². The van der Waals surface area contributed by atoms with Crippen LogP contribution >= 0.6 is 0 Å². The van der Waals surface area contributed by atoms with Gasteiger partial charge in [0.25, 0.3) is 0 Å². The normalized spacial score (nSPS) is 17.8. The molecule has 128 valence electrons. The summed E-state index contributed by atoms with van der Waals surface area (Å²) < 4.78 is 30.8. The molecule has 24 heavy (non-hydrogen) atoms. The first-order chi connectivity index (χ1) is 11.4. The van der Waals surface area contributed by atoms with Crippen LogP contribution in [0.5, 0.6) is 5.75 Å². The van der Waals surface area contributed by atoms with Crippen LogP contribution in [0.4, 0.5) is 5.69 Å². The van der Waals surface area contributed by atoms with E-state index in [1.807, 2.05) is 30.3 Å². The fourth-order valence-corrected chi connectivity index (χ4v) is 3.41. The summed E-state index contributed by atoms with van der Waals surface area (Å²) in [6, 6.07) is 15.7. The molecule has 0 spiro atoms. The lowest BCUT2D eigenvalue weighted by atomic mass is 10.1. The van der Waals surface area contributed by atoms with E-state index in [0.29, 0.717) is 5.69 Å². The number of hydrogen-bond acceptors (Lipinski definition) is 4. The zero-order chi connectivity index (χ0) is 17.2. The summed E-state index contributed by atoms with van der Waals surface area (Å²) in [5, 5.41) is 3.48. The largest absolute Gasteiger partial charge is 0.488 e. The third kappa shape index (κ3) is 4.27. The Kier molecular flexibility index (Phi) is 4.78. The van der Waals surface area contributed by atoms with Crippen molar-refractivity contribution in [1.29, 1.82) is 0 Å². The van der Waals surface area contributed by atoms with Gasteiger partial charge >= 0.3 is 0 Å². The van der Waals surface area contributed by atoms with E-state index in [-0.39, 0.29) is 12.1 Å². The van der Waals surface area contributed by atoms with Crippen LogP contribution in [0.1, 0.15) is 24.1 Å². The third-order valence-electron chi connectivity index (χ3n) is 4.08. The highest BCUT2D eigenvalue weighted by Crippen LogP contribution is 2.28. The van der Waals surface area contributed by atoms with Crippen molar-refractivity contribution in [2.75, 3.05) is 17.5 Å². The van der Waals surface area contributed by atoms with Gasteiger partial charge in [-0.05, 0) is 36.2 Å². The van der Waals surface area contributed by atoms with Gasteiger partial charge in [0.15, 0.2) is 0 Å². The molecular weight excluding hydrogens is 324 g/mol. The fourth-order valence-electron chi connectivity index (χ4n) is 2.85. The zero-order valence-electron chi connectivity index (χ0n) is 13.8. The second-order valence-electron chi connectivity index (χ2n) is 6.18. The van der Waals surface area contributed by atoms with Crippen LogP contribution in [0.25, 0.3) is 0 Å². The molecule has 0 aliphatic carbocycles. The van der Waals surface area contributed by atoms with Gasteiger partial charge in [0.2, 0.25) is 10.0 Å². The standard InChI is InChI=1S/C18H22N2O3S/c1-13(14-7-9-16(10-8-14)20-24(2,21)22)19-12-17-11-15-5-3-4-6-18(15)23-17/h3-10,13,17,19-20H,11-12H2,1-2H3. The number of hydrogen-bond donors (Lipinski definition) is 2. The molecule has 1 aliphatic heterocycles. The van der Waals surface area contributed by atoms with Crippen molar-refractivity contribution in [3.63, 3.8) is 0 Å². The SMILES string of the molecule is CC(NCC1Cc2ccccc2O1)c1ccc(NS(C)(=O)=O)cc1. The van der Waals surface area contributed by atoms with Crippen LogP contribution < -0.4 is 14.8 Å². The van der Waals surface area contributed by atoms with Crippen LogP contribution in [-0.2, 0) is 16.4 Å². The van der Waals surface area contributed by atoms with Gasteiger partial charge in [-0.3, -0.25) is 4.72 Å². The Bertz CT molecular complexity index is 778. The molecule has 0 saturated carbocycles. The monoisotopic (exact) mass is 346 g/mol. The van der Waals surface area contributed by atoms with Gasteiger partial charge in [-0.2, -0.15) is 0 Å². The van der Waals surface area contributed by atoms with Gasteiger partial charge in [0, 0.05) is 24.7 Å². The van der Waals surface area contributed by atoms with E-state index in [0.717, 1.165) is 30.5 Å². The second-order valence-corrected chi connectivity index (χ2v) is 7.93. The van der Waals surface area contributed by atoms with Crippen LogP contribution in [-0.4, -0.2) is 27.3 Å². The average molecular weight is 346 g/mol. The van der Waals surface area contributed by atoms with Crippen LogP contribution in [0.15, 0.2) is 48.5 Å². The van der Waals surface area contributed by atoms with E-state index in [4.69, 9.17) is 4.74 Å². The van der Waals surface area contributed by atoms with Gasteiger partial charge in [0.1, 0.15) is 11.9 Å². The summed E-state index contributed by atoms with van der Waals surface area (Å²) in [6.45, 7) is 2.85. The third-order valence-corrected chi connectivity index (χ3v) is 4.69. The molecule has 5 nitrogen and oxygen atoms in total. The molecule has 2 N–H and O–H groups in total. The lowest BCUT2D eigenvalue weighted by Crippen LogP contribution is -2.31. The Labute approximate surface area is 143 Å². The molecule has 0 amide bonds. The summed E-state index contributed by atoms with van der Waals surface area (Å²) in [6.07, 6.45) is 2.22. The average Bonchev–Trinajstić information content (AvgIpc) is 2.94. The van der Waals surface area contributed by atoms with E-state index in [2.05, 4.69) is 23.0 Å². The lowest BCUT2D eigenvalue weighted by Gasteiger charge is -2.18. The number of ether oxygens (including phenoxy) is 1. The molecular formula is C18H22N2O3S. The highest BCUT2D eigenvalue weighted by molar-refractivity contribution is 7.92. The van der Waals surface area contributed by atoms with Crippen molar-refractivity contribution in [2.45, 2.75) is 25.5 Å². The topological polar surface area (TPSA) is 67.4 Å². The van der Waals surface area contributed by atoms with Crippen LogP contribution in [0, 0.1) is 0 Å². The maximum atomic E-state index is 11.2. The summed E-state index contributed by atoms with van der Waals surface area (Å²) in [5.41, 5.74) is 2.93. The van der Waals surface area contributed by atoms with Gasteiger partial charge in [0.05, 0.1) is 6.26 Å². The number of rotatable bonds is 6. The molecule has 1 aliphatic rings. The predicted molar refractivity (Wildman–Crippen MR) is 95.9 cm³/mol. The molecule has 3 rings (SSSR count). The molecule has 2 aromatic rings. The summed E-state index contributed by atoms with van der Waals surface area (Å²) >= 11 is 0. The quantitative estimate of drug-likeness (QED) is 0.844. The molecule has 1 heterocycles. The summed E-state index contributed by atoms with van der Waals surface area (Å²) in [5.74, 6) is 0.980. The van der Waals surface area contributed by atoms with E-state index in [1.54, 1.807) is 12.1 Å². The molecule has 2 aromatic carbocycles. The Morgan fingerprint density at radius 2 is 1.88 bits per heavy atom. The first-order valence-electron chi connectivity index (χ1n) is 7.96. The highest BCUT2D eigenvalue weighted by Gasteiger charge is 2.22. The molecule has 2 unspecified atom stereocenters. The highest BCUT2D eigenvalue weighted by atomic mass is 32.2. The van der Waals surface area contributed by atoms with E-state index >= 15 is 0 Å². The van der Waals surface area contributed by atoms with E-state index < -0.39 is 10.0 Å². The van der Waals surface area contributed by atoms with Crippen molar-refractivity contribution < 1.29 is 13.2 Å². The lowest BCUT2D eigenvalue weighted by molar-refractivity contribution is 0.222. The Morgan fingerprint density at radius 3 is 2.54 bits per heavy atom. The zero-order valence-corrected chi connectivity index (χ0v) is 14.6. The van der Waals surface area contributed by atoms with E-state index in [1.165, 1.54) is 5.56 Å². The van der Waals surface area contributed by atoms with Crippen molar-refractivity contribution >= 4 is 15.7 Å². The molecule has 2 atom stereocenters. The number of sulfonamides is 1. The van der Waals surface area contributed by atoms with Crippen molar-refractivity contribution in [3.05, 3.63) is 59.7 Å². The first-order valence-corrected chi connectivity index (χ1v) is 9.85. The number of fused-ring (bicyclic) bond motifs is 1. The molecule has 0 saturated heterocycles.